The van der Waals surface area contributed by atoms with Crippen LogP contribution in [0, 0.1) is 0 Å². The van der Waals surface area contributed by atoms with E-state index in [2.05, 4.69) is 39.0 Å². The monoisotopic (exact) mass is 569 g/mol. The van der Waals surface area contributed by atoms with Gasteiger partial charge in [0.05, 0.1) is 10.7 Å². The number of rotatable bonds is 6. The van der Waals surface area contributed by atoms with Crippen LogP contribution in [0.15, 0.2) is 59.4 Å². The number of halogens is 2. The van der Waals surface area contributed by atoms with Gasteiger partial charge in [0.2, 0.25) is 0 Å². The Morgan fingerprint density at radius 3 is 2.49 bits per heavy atom. The smallest absolute Gasteiger partial charge is 0.282 e. The second-order valence-electron chi connectivity index (χ2n) is 9.37. The predicted octanol–water partition coefficient (Wildman–Crippen LogP) is 5.88. The molecular weight excluding hydrogens is 545 g/mol. The minimum Gasteiger partial charge on any atom is -0.334 e. The first kappa shape index (κ1) is 25.0. The molecule has 2 aliphatic rings. The number of aromatic nitrogens is 2. The van der Waals surface area contributed by atoms with Gasteiger partial charge in [0.25, 0.3) is 5.91 Å². The highest BCUT2D eigenvalue weighted by Gasteiger charge is 2.34. The number of carbonyl (C=O) groups excluding carboxylic acids is 1. The summed E-state index contributed by atoms with van der Waals surface area (Å²) >= 11 is 15.4. The fraction of sp³-hybridized carbons (Fsp3) is 0.296. The number of carbonyl (C=O) groups is 1. The molecule has 0 atom stereocenters. The molecule has 10 heteroatoms. The van der Waals surface area contributed by atoms with Crippen molar-refractivity contribution >= 4 is 51.8 Å². The number of benzene rings is 2. The van der Waals surface area contributed by atoms with Crippen LogP contribution in [-0.2, 0) is 6.54 Å². The summed E-state index contributed by atoms with van der Waals surface area (Å²) in [6, 6.07) is 14.8. The third-order valence-corrected chi connectivity index (χ3v) is 9.19. The van der Waals surface area contributed by atoms with Gasteiger partial charge in [0.1, 0.15) is 5.01 Å². The molecule has 1 amide bonds. The molecule has 6 nitrogen and oxygen atoms in total. The largest absolute Gasteiger partial charge is 0.334 e. The highest BCUT2D eigenvalue weighted by molar-refractivity contribution is 7.13. The molecule has 0 aliphatic carbocycles. The molecule has 190 valence electrons. The highest BCUT2D eigenvalue weighted by atomic mass is 35.5. The van der Waals surface area contributed by atoms with Crippen molar-refractivity contribution in [2.24, 2.45) is 0 Å². The van der Waals surface area contributed by atoms with Gasteiger partial charge in [-0.3, -0.25) is 14.6 Å². The Hall–Kier alpha value is -2.33. The Kier molecular flexibility index (Phi) is 7.29. The maximum atomic E-state index is 12.5. The molecule has 6 rings (SSSR count). The molecule has 4 aromatic rings. The number of nitrogens with zero attached hydrogens (tertiary/aromatic N) is 5. The van der Waals surface area contributed by atoms with Gasteiger partial charge in [0.15, 0.2) is 5.01 Å². The van der Waals surface area contributed by atoms with E-state index >= 15 is 0 Å². The van der Waals surface area contributed by atoms with Crippen molar-refractivity contribution < 1.29 is 4.79 Å². The molecule has 2 aliphatic heterocycles. The van der Waals surface area contributed by atoms with Gasteiger partial charge in [-0.25, -0.2) is 9.97 Å². The van der Waals surface area contributed by atoms with Crippen molar-refractivity contribution in [1.82, 2.24) is 24.7 Å². The summed E-state index contributed by atoms with van der Waals surface area (Å²) in [6.07, 6.45) is 1.69. The van der Waals surface area contributed by atoms with Crippen LogP contribution in [0.4, 0.5) is 0 Å². The first-order valence-electron chi connectivity index (χ1n) is 12.2. The molecule has 2 aromatic carbocycles. The van der Waals surface area contributed by atoms with Crippen LogP contribution in [0.5, 0.6) is 0 Å². The van der Waals surface area contributed by atoms with E-state index in [9.17, 15) is 4.79 Å². The fourth-order valence-electron chi connectivity index (χ4n) is 4.90. The Balaban J connectivity index is 0.990. The average Bonchev–Trinajstić information content (AvgIpc) is 3.59. The Bertz CT molecular complexity index is 1380. The maximum absolute atomic E-state index is 12.5. The second-order valence-corrected chi connectivity index (χ2v) is 12.0. The van der Waals surface area contributed by atoms with Gasteiger partial charge in [-0.1, -0.05) is 47.5 Å². The second kappa shape index (κ2) is 10.8. The van der Waals surface area contributed by atoms with E-state index in [1.54, 1.807) is 23.6 Å². The predicted molar refractivity (Wildman–Crippen MR) is 152 cm³/mol. The molecule has 37 heavy (non-hydrogen) atoms. The van der Waals surface area contributed by atoms with Gasteiger partial charge in [-0.05, 0) is 23.8 Å². The van der Waals surface area contributed by atoms with Crippen LogP contribution in [0.3, 0.4) is 0 Å². The zero-order chi connectivity index (χ0) is 25.4. The van der Waals surface area contributed by atoms with Gasteiger partial charge in [-0.15, -0.1) is 22.7 Å². The molecule has 2 saturated heterocycles. The lowest BCUT2D eigenvalue weighted by molar-refractivity contribution is 0.00257. The van der Waals surface area contributed by atoms with Crippen LogP contribution in [0.25, 0.3) is 21.8 Å². The number of amides is 1. The number of thiazole rings is 2. The lowest BCUT2D eigenvalue weighted by Crippen LogP contribution is -2.63. The topological polar surface area (TPSA) is 52.6 Å². The molecule has 0 bridgehead atoms. The molecule has 0 N–H and O–H groups in total. The van der Waals surface area contributed by atoms with Crippen LogP contribution < -0.4 is 0 Å². The summed E-state index contributed by atoms with van der Waals surface area (Å²) in [5, 5.41) is 6.69. The third-order valence-electron chi connectivity index (χ3n) is 6.99. The first-order chi connectivity index (χ1) is 18.0. The van der Waals surface area contributed by atoms with Crippen LogP contribution >= 0.6 is 45.9 Å². The van der Waals surface area contributed by atoms with Crippen molar-refractivity contribution in [2.45, 2.75) is 12.6 Å². The van der Waals surface area contributed by atoms with Gasteiger partial charge in [-0.2, -0.15) is 0 Å². The molecular formula is C27H25Cl2N5OS2. The van der Waals surface area contributed by atoms with E-state index in [-0.39, 0.29) is 5.91 Å². The van der Waals surface area contributed by atoms with E-state index in [0.29, 0.717) is 21.1 Å². The highest BCUT2D eigenvalue weighted by Crippen LogP contribution is 2.34. The molecule has 2 fully saturated rings. The zero-order valence-electron chi connectivity index (χ0n) is 20.0. The Labute approximate surface area is 234 Å². The normalized spacial score (nSPS) is 17.2. The van der Waals surface area contributed by atoms with Gasteiger partial charge in [0, 0.05) is 85.0 Å². The van der Waals surface area contributed by atoms with Crippen molar-refractivity contribution in [3.63, 3.8) is 0 Å². The number of hydrogen-bond acceptors (Lipinski definition) is 7. The molecule has 0 saturated carbocycles. The molecule has 0 radical (unpaired) electrons. The summed E-state index contributed by atoms with van der Waals surface area (Å²) < 4.78 is 0. The molecule has 0 spiro atoms. The quantitative estimate of drug-likeness (QED) is 0.290. The van der Waals surface area contributed by atoms with Gasteiger partial charge >= 0.3 is 0 Å². The molecule has 4 heterocycles. The summed E-state index contributed by atoms with van der Waals surface area (Å²) in [5.41, 5.74) is 4.17. The lowest BCUT2D eigenvalue weighted by atomic mass is 10.0. The molecule has 0 unspecified atom stereocenters. The average molecular weight is 571 g/mol. The van der Waals surface area contributed by atoms with Crippen molar-refractivity contribution in [3.05, 3.63) is 80.0 Å². The summed E-state index contributed by atoms with van der Waals surface area (Å²) in [6.45, 7) is 6.50. The number of piperazine rings is 1. The van der Waals surface area contributed by atoms with E-state index < -0.39 is 0 Å². The maximum Gasteiger partial charge on any atom is 0.282 e. The SMILES string of the molecule is O=C(c1nccs1)N1CCN(C2CN(Cc3ccc(-c4nc(-c5ccc(Cl)cc5Cl)cs4)cc3)C2)CC1. The van der Waals surface area contributed by atoms with Crippen LogP contribution in [-0.4, -0.2) is 75.9 Å². The minimum atomic E-state index is 0.0658. The standard InChI is InChI=1S/C27H25Cl2N5OS2/c28-20-5-6-22(23(29)13-20)24-17-37-25(31-24)19-3-1-18(2-4-19)14-32-15-21(16-32)33-8-10-34(11-9-33)27(35)26-30-7-12-36-26/h1-7,12-13,17,21H,8-11,14-16H2. The van der Waals surface area contributed by atoms with E-state index in [1.165, 1.54) is 16.9 Å². The van der Waals surface area contributed by atoms with Crippen molar-refractivity contribution in [1.29, 1.82) is 0 Å². The van der Waals surface area contributed by atoms with E-state index in [4.69, 9.17) is 28.2 Å². The van der Waals surface area contributed by atoms with Crippen LogP contribution in [0.2, 0.25) is 10.0 Å². The lowest BCUT2D eigenvalue weighted by Gasteiger charge is -2.48. The van der Waals surface area contributed by atoms with E-state index in [1.807, 2.05) is 27.8 Å². The summed E-state index contributed by atoms with van der Waals surface area (Å²) in [4.78, 5) is 28.4. The Morgan fingerprint density at radius 2 is 1.78 bits per heavy atom. The van der Waals surface area contributed by atoms with Crippen molar-refractivity contribution in [3.8, 4) is 21.8 Å². The Morgan fingerprint density at radius 1 is 1.00 bits per heavy atom. The van der Waals surface area contributed by atoms with Gasteiger partial charge < -0.3 is 4.90 Å². The van der Waals surface area contributed by atoms with Crippen LogP contribution in [0.1, 0.15) is 15.4 Å². The third kappa shape index (κ3) is 5.46. The summed E-state index contributed by atoms with van der Waals surface area (Å²) in [5.74, 6) is 0.0658. The zero-order valence-corrected chi connectivity index (χ0v) is 23.2. The number of hydrogen-bond donors (Lipinski definition) is 0. The van der Waals surface area contributed by atoms with E-state index in [0.717, 1.165) is 67.6 Å². The first-order valence-corrected chi connectivity index (χ1v) is 14.7. The summed E-state index contributed by atoms with van der Waals surface area (Å²) in [7, 11) is 0. The fourth-order valence-corrected chi connectivity index (χ4v) is 6.83. The van der Waals surface area contributed by atoms with Crippen molar-refractivity contribution in [2.75, 3.05) is 39.3 Å². The number of likely N-dealkylation sites (tertiary alicyclic amines) is 1. The molecule has 2 aromatic heterocycles. The minimum absolute atomic E-state index is 0.0658.